The Labute approximate surface area is 188 Å². The van der Waals surface area contributed by atoms with Crippen molar-refractivity contribution in [2.24, 2.45) is 0 Å². The Hall–Kier alpha value is -2.49. The van der Waals surface area contributed by atoms with E-state index in [1.54, 1.807) is 6.20 Å². The molecule has 32 heavy (non-hydrogen) atoms. The minimum absolute atomic E-state index is 0.0119. The Morgan fingerprint density at radius 1 is 1.34 bits per heavy atom. The molecule has 0 unspecified atom stereocenters. The van der Waals surface area contributed by atoms with Crippen LogP contribution in [0.4, 0.5) is 8.78 Å². The second kappa shape index (κ2) is 9.17. The fraction of sp³-hybridized carbons (Fsp3) is 0.455. The third-order valence-electron chi connectivity index (χ3n) is 6.17. The molecule has 1 saturated heterocycles. The van der Waals surface area contributed by atoms with E-state index >= 15 is 0 Å². The van der Waals surface area contributed by atoms with Crippen LogP contribution in [0, 0.1) is 11.6 Å². The lowest BCUT2D eigenvalue weighted by Crippen LogP contribution is -2.52. The molecule has 7 nitrogen and oxygen atoms in total. The third kappa shape index (κ3) is 3.89. The molecule has 0 bridgehead atoms. The molecule has 0 radical (unpaired) electrons. The van der Waals surface area contributed by atoms with Crippen molar-refractivity contribution in [3.8, 4) is 5.75 Å². The van der Waals surface area contributed by atoms with Crippen molar-refractivity contribution in [2.45, 2.75) is 38.5 Å². The normalized spacial score (nSPS) is 20.4. The van der Waals surface area contributed by atoms with Crippen LogP contribution in [-0.4, -0.2) is 48.3 Å². The van der Waals surface area contributed by atoms with Crippen LogP contribution in [0.1, 0.15) is 41.0 Å². The molecule has 4 rings (SSSR count). The van der Waals surface area contributed by atoms with Crippen molar-refractivity contribution < 1.29 is 23.0 Å². The minimum atomic E-state index is -0.948. The van der Waals surface area contributed by atoms with Gasteiger partial charge in [-0.1, -0.05) is 24.6 Å². The van der Waals surface area contributed by atoms with Gasteiger partial charge in [-0.2, -0.15) is 0 Å². The quantitative estimate of drug-likeness (QED) is 0.685. The standard InChI is InChI=1S/C22H24ClF2N3O4/c1-3-27-10-16-21(31-2)20(29)13(9-28(16)15-6-7-32-11-17(15)27)22(30)26-8-12-4-5-14(24)18(23)19(12)25/h4-5,9,15,17H,3,6-8,10-11H2,1-2H3,(H,26,30)/t15-,17+/m0/s1. The summed E-state index contributed by atoms with van der Waals surface area (Å²) < 4.78 is 40.6. The van der Waals surface area contributed by atoms with Gasteiger partial charge in [0, 0.05) is 31.5 Å². The maximum atomic E-state index is 14.2. The average Bonchev–Trinajstić information content (AvgIpc) is 2.81. The smallest absolute Gasteiger partial charge is 0.257 e. The Balaban J connectivity index is 1.67. The van der Waals surface area contributed by atoms with Crippen molar-refractivity contribution >= 4 is 17.5 Å². The van der Waals surface area contributed by atoms with Gasteiger partial charge in [-0.3, -0.25) is 14.5 Å². The summed E-state index contributed by atoms with van der Waals surface area (Å²) in [5.41, 5.74) is 0.0955. The van der Waals surface area contributed by atoms with E-state index in [1.807, 2.05) is 4.57 Å². The van der Waals surface area contributed by atoms with Gasteiger partial charge >= 0.3 is 0 Å². The highest BCUT2D eigenvalue weighted by Gasteiger charge is 2.38. The van der Waals surface area contributed by atoms with Crippen LogP contribution < -0.4 is 15.5 Å². The SMILES string of the molecule is CCN1Cc2c(OC)c(=O)c(C(=O)NCc3ccc(F)c(Cl)c3F)cn2[C@H]2CCOC[C@H]21. The molecular formula is C22H24ClF2N3O4. The molecular weight excluding hydrogens is 444 g/mol. The molecule has 2 aliphatic rings. The van der Waals surface area contributed by atoms with Crippen LogP contribution in [0.25, 0.3) is 0 Å². The number of hydrogen-bond donors (Lipinski definition) is 1. The first kappa shape index (κ1) is 22.7. The van der Waals surface area contributed by atoms with Gasteiger partial charge < -0.3 is 19.4 Å². The number of aromatic nitrogens is 1. The number of pyridine rings is 1. The minimum Gasteiger partial charge on any atom is -0.491 e. The van der Waals surface area contributed by atoms with E-state index in [9.17, 15) is 18.4 Å². The van der Waals surface area contributed by atoms with E-state index in [4.69, 9.17) is 21.1 Å². The zero-order chi connectivity index (χ0) is 23.0. The molecule has 172 valence electrons. The Kier molecular flexibility index (Phi) is 6.50. The molecule has 10 heteroatoms. The lowest BCUT2D eigenvalue weighted by Gasteiger charge is -2.45. The number of methoxy groups -OCH3 is 1. The van der Waals surface area contributed by atoms with Gasteiger partial charge in [0.15, 0.2) is 5.75 Å². The summed E-state index contributed by atoms with van der Waals surface area (Å²) in [4.78, 5) is 28.2. The molecule has 2 aliphatic heterocycles. The first-order valence-corrected chi connectivity index (χ1v) is 10.8. The fourth-order valence-corrected chi connectivity index (χ4v) is 4.67. The number of carbonyl (C=O) groups excluding carboxylic acids is 1. The van der Waals surface area contributed by atoms with E-state index < -0.39 is 28.0 Å². The van der Waals surface area contributed by atoms with E-state index in [2.05, 4.69) is 17.1 Å². The zero-order valence-corrected chi connectivity index (χ0v) is 18.5. The van der Waals surface area contributed by atoms with Gasteiger partial charge in [0.05, 0.1) is 31.5 Å². The highest BCUT2D eigenvalue weighted by Crippen LogP contribution is 2.35. The first-order chi connectivity index (χ1) is 15.4. The third-order valence-corrected chi connectivity index (χ3v) is 6.52. The number of likely N-dealkylation sites (N-methyl/N-ethyl adjacent to an activating group) is 1. The molecule has 1 aromatic carbocycles. The maximum Gasteiger partial charge on any atom is 0.257 e. The van der Waals surface area contributed by atoms with Crippen molar-refractivity contribution in [2.75, 3.05) is 26.9 Å². The monoisotopic (exact) mass is 467 g/mol. The van der Waals surface area contributed by atoms with Gasteiger partial charge in [-0.25, -0.2) is 8.78 Å². The number of fused-ring (bicyclic) bond motifs is 3. The number of rotatable bonds is 5. The molecule has 2 aromatic rings. The van der Waals surface area contributed by atoms with Crippen molar-refractivity contribution in [1.82, 2.24) is 14.8 Å². The van der Waals surface area contributed by atoms with E-state index in [-0.39, 0.29) is 35.5 Å². The van der Waals surface area contributed by atoms with E-state index in [1.165, 1.54) is 13.2 Å². The molecule has 1 aromatic heterocycles. The number of hydrogen-bond acceptors (Lipinski definition) is 5. The second-order valence-electron chi connectivity index (χ2n) is 7.84. The molecule has 1 N–H and O–H groups in total. The number of carbonyl (C=O) groups is 1. The van der Waals surface area contributed by atoms with Crippen LogP contribution in [0.15, 0.2) is 23.1 Å². The van der Waals surface area contributed by atoms with Crippen LogP contribution in [-0.2, 0) is 17.8 Å². The van der Waals surface area contributed by atoms with Crippen molar-refractivity contribution in [3.63, 3.8) is 0 Å². The molecule has 3 heterocycles. The van der Waals surface area contributed by atoms with Gasteiger partial charge in [-0.05, 0) is 19.0 Å². The Bertz CT molecular complexity index is 1110. The summed E-state index contributed by atoms with van der Waals surface area (Å²) in [6.45, 7) is 4.24. The summed E-state index contributed by atoms with van der Waals surface area (Å²) in [5.74, 6) is -2.39. The Morgan fingerprint density at radius 3 is 2.84 bits per heavy atom. The van der Waals surface area contributed by atoms with Crippen LogP contribution in [0.3, 0.4) is 0 Å². The van der Waals surface area contributed by atoms with Gasteiger partial charge in [0.25, 0.3) is 5.91 Å². The lowest BCUT2D eigenvalue weighted by atomic mass is 9.96. The fourth-order valence-electron chi connectivity index (χ4n) is 4.48. The molecule has 1 fully saturated rings. The highest BCUT2D eigenvalue weighted by molar-refractivity contribution is 6.30. The van der Waals surface area contributed by atoms with E-state index in [0.29, 0.717) is 19.8 Å². The highest BCUT2D eigenvalue weighted by atomic mass is 35.5. The summed E-state index contributed by atoms with van der Waals surface area (Å²) in [7, 11) is 1.40. The largest absolute Gasteiger partial charge is 0.491 e. The predicted molar refractivity (Wildman–Crippen MR) is 114 cm³/mol. The molecule has 0 saturated carbocycles. The van der Waals surface area contributed by atoms with Crippen LogP contribution in [0.2, 0.25) is 5.02 Å². The maximum absolute atomic E-state index is 14.2. The van der Waals surface area contributed by atoms with Gasteiger partial charge in [-0.15, -0.1) is 0 Å². The molecule has 1 amide bonds. The number of halogens is 3. The van der Waals surface area contributed by atoms with Crippen molar-refractivity contribution in [3.05, 3.63) is 62.0 Å². The second-order valence-corrected chi connectivity index (χ2v) is 8.22. The molecule has 0 spiro atoms. The topological polar surface area (TPSA) is 72.8 Å². The zero-order valence-electron chi connectivity index (χ0n) is 17.8. The summed E-state index contributed by atoms with van der Waals surface area (Å²) in [6.07, 6.45) is 2.29. The number of nitrogens with one attached hydrogen (secondary N) is 1. The van der Waals surface area contributed by atoms with Crippen LogP contribution >= 0.6 is 11.6 Å². The van der Waals surface area contributed by atoms with Crippen molar-refractivity contribution in [1.29, 1.82) is 0 Å². The summed E-state index contributed by atoms with van der Waals surface area (Å²) in [6, 6.07) is 2.37. The Morgan fingerprint density at radius 2 is 2.12 bits per heavy atom. The molecule has 0 aliphatic carbocycles. The lowest BCUT2D eigenvalue weighted by molar-refractivity contribution is -0.0304. The average molecular weight is 468 g/mol. The summed E-state index contributed by atoms with van der Waals surface area (Å²) >= 11 is 5.60. The number of ether oxygens (including phenoxy) is 2. The first-order valence-electron chi connectivity index (χ1n) is 10.4. The summed E-state index contributed by atoms with van der Waals surface area (Å²) in [5, 5.41) is 1.89. The number of amides is 1. The van der Waals surface area contributed by atoms with E-state index in [0.717, 1.165) is 24.7 Å². The predicted octanol–water partition coefficient (Wildman–Crippen LogP) is 2.88. The number of benzene rings is 1. The molecule has 2 atom stereocenters. The number of nitrogens with zero attached hydrogens (tertiary/aromatic N) is 2. The van der Waals surface area contributed by atoms with Gasteiger partial charge in [0.1, 0.15) is 22.2 Å². The van der Waals surface area contributed by atoms with Crippen LogP contribution in [0.5, 0.6) is 5.75 Å². The van der Waals surface area contributed by atoms with Gasteiger partial charge in [0.2, 0.25) is 5.43 Å².